The molecule has 5 rings (SSSR count). The molecule has 1 atom stereocenters. The SMILES string of the molecule is CCN1C(=O)c2c(O)c(=O)c(-c3nnc(Cc4ccc(F)cc4)s3)cn2N(C)C1C1CCCCC1. The number of nitrogens with zero attached hydrogens (tertiary/aromatic N) is 5. The number of fused-ring (bicyclic) bond motifs is 1. The number of carbonyl (C=O) groups is 1. The molecular weight excluding hydrogens is 469 g/mol. The average molecular weight is 498 g/mol. The molecular formula is C25H28FN5O3S. The number of halogens is 1. The summed E-state index contributed by atoms with van der Waals surface area (Å²) in [6.45, 7) is 2.41. The Morgan fingerprint density at radius 1 is 1.11 bits per heavy atom. The Labute approximate surface area is 206 Å². The van der Waals surface area contributed by atoms with E-state index in [0.29, 0.717) is 28.9 Å². The maximum Gasteiger partial charge on any atom is 0.278 e. The van der Waals surface area contributed by atoms with Crippen LogP contribution in [-0.4, -0.2) is 50.5 Å². The second-order valence-corrected chi connectivity index (χ2v) is 10.3. The lowest BCUT2D eigenvalue weighted by molar-refractivity contribution is 0.0449. The van der Waals surface area contributed by atoms with Gasteiger partial charge >= 0.3 is 0 Å². The largest absolute Gasteiger partial charge is 0.502 e. The van der Waals surface area contributed by atoms with Crippen molar-refractivity contribution in [3.63, 3.8) is 0 Å². The molecule has 1 amide bonds. The van der Waals surface area contributed by atoms with Gasteiger partial charge in [0.1, 0.15) is 17.0 Å². The average Bonchev–Trinajstić information content (AvgIpc) is 3.32. The molecule has 2 aromatic heterocycles. The minimum Gasteiger partial charge on any atom is -0.502 e. The van der Waals surface area contributed by atoms with Gasteiger partial charge in [-0.2, -0.15) is 0 Å². The number of pyridine rings is 1. The van der Waals surface area contributed by atoms with Gasteiger partial charge in [0.05, 0.1) is 5.56 Å². The van der Waals surface area contributed by atoms with Crippen LogP contribution in [0.3, 0.4) is 0 Å². The normalized spacial score (nSPS) is 18.7. The van der Waals surface area contributed by atoms with E-state index in [1.54, 1.807) is 27.9 Å². The summed E-state index contributed by atoms with van der Waals surface area (Å²) < 4.78 is 14.8. The predicted molar refractivity (Wildman–Crippen MR) is 132 cm³/mol. The first kappa shape index (κ1) is 23.5. The minimum atomic E-state index is -0.644. The number of aromatic nitrogens is 3. The second-order valence-electron chi connectivity index (χ2n) is 9.19. The maximum atomic E-state index is 13.4. The Kier molecular flexibility index (Phi) is 6.31. The third kappa shape index (κ3) is 4.20. The van der Waals surface area contributed by atoms with E-state index < -0.39 is 11.2 Å². The molecule has 0 spiro atoms. The van der Waals surface area contributed by atoms with E-state index in [4.69, 9.17) is 0 Å². The zero-order valence-electron chi connectivity index (χ0n) is 19.8. The van der Waals surface area contributed by atoms with Crippen LogP contribution >= 0.6 is 11.3 Å². The van der Waals surface area contributed by atoms with Crippen LogP contribution in [-0.2, 0) is 6.42 Å². The number of hydrogen-bond donors (Lipinski definition) is 1. The zero-order valence-corrected chi connectivity index (χ0v) is 20.6. The Bertz CT molecular complexity index is 1300. The molecule has 0 bridgehead atoms. The standard InChI is InChI=1S/C25H28FN5O3S/c1-3-30-24(16-7-5-4-6-8-16)29(2)31-14-18(21(32)22(33)20(31)25(30)34)23-28-27-19(35-23)13-15-9-11-17(26)12-10-15/h9-12,14,16,24,33H,3-8,13H2,1-2H3. The van der Waals surface area contributed by atoms with Gasteiger partial charge < -0.3 is 10.0 Å². The van der Waals surface area contributed by atoms with Crippen molar-refractivity contribution in [2.75, 3.05) is 18.6 Å². The number of hydrogen-bond acceptors (Lipinski definition) is 7. The Hall–Kier alpha value is -3.27. The molecule has 1 fully saturated rings. The smallest absolute Gasteiger partial charge is 0.278 e. The molecule has 1 aliphatic heterocycles. The van der Waals surface area contributed by atoms with Crippen LogP contribution in [0, 0.1) is 11.7 Å². The van der Waals surface area contributed by atoms with Crippen LogP contribution in [0.15, 0.2) is 35.3 Å². The van der Waals surface area contributed by atoms with Crippen molar-refractivity contribution in [1.29, 1.82) is 0 Å². The summed E-state index contributed by atoms with van der Waals surface area (Å²) in [5.41, 5.74) is 0.404. The summed E-state index contributed by atoms with van der Waals surface area (Å²) in [7, 11) is 1.89. The fraction of sp³-hybridized carbons (Fsp3) is 0.440. The van der Waals surface area contributed by atoms with Gasteiger partial charge in [-0.1, -0.05) is 42.7 Å². The van der Waals surface area contributed by atoms with Crippen molar-refractivity contribution in [1.82, 2.24) is 19.8 Å². The van der Waals surface area contributed by atoms with E-state index in [1.165, 1.54) is 29.9 Å². The Morgan fingerprint density at radius 3 is 2.51 bits per heavy atom. The van der Waals surface area contributed by atoms with E-state index in [9.17, 15) is 19.1 Å². The quantitative estimate of drug-likeness (QED) is 0.577. The molecule has 2 aliphatic rings. The number of benzene rings is 1. The monoisotopic (exact) mass is 497 g/mol. The molecule has 1 N–H and O–H groups in total. The van der Waals surface area contributed by atoms with Crippen LogP contribution in [0.25, 0.3) is 10.6 Å². The topological polar surface area (TPSA) is 91.6 Å². The lowest BCUT2D eigenvalue weighted by Gasteiger charge is -2.48. The van der Waals surface area contributed by atoms with Gasteiger partial charge in [-0.05, 0) is 43.4 Å². The summed E-state index contributed by atoms with van der Waals surface area (Å²) in [6.07, 6.45) is 7.44. The highest BCUT2D eigenvalue weighted by Crippen LogP contribution is 2.35. The Balaban J connectivity index is 1.53. The molecule has 1 unspecified atom stereocenters. The van der Waals surface area contributed by atoms with Gasteiger partial charge in [0.2, 0.25) is 5.43 Å². The van der Waals surface area contributed by atoms with Crippen LogP contribution in [0.5, 0.6) is 5.75 Å². The van der Waals surface area contributed by atoms with Crippen LogP contribution in [0.1, 0.15) is 60.1 Å². The first-order valence-corrected chi connectivity index (χ1v) is 12.8. The number of aromatic hydroxyl groups is 1. The highest BCUT2D eigenvalue weighted by Gasteiger charge is 2.42. The van der Waals surface area contributed by atoms with Crippen molar-refractivity contribution in [3.05, 3.63) is 62.8 Å². The lowest BCUT2D eigenvalue weighted by Crippen LogP contribution is -2.62. The van der Waals surface area contributed by atoms with Gasteiger partial charge in [0.25, 0.3) is 5.91 Å². The summed E-state index contributed by atoms with van der Waals surface area (Å²) in [5, 5.41) is 22.2. The third-order valence-corrected chi connectivity index (χ3v) is 8.00. The van der Waals surface area contributed by atoms with Crippen LogP contribution < -0.4 is 10.4 Å². The predicted octanol–water partition coefficient (Wildman–Crippen LogP) is 3.75. The summed E-state index contributed by atoms with van der Waals surface area (Å²) in [5.74, 6) is -0.900. The Morgan fingerprint density at radius 2 is 1.83 bits per heavy atom. The van der Waals surface area contributed by atoms with Gasteiger partial charge in [0, 0.05) is 26.2 Å². The highest BCUT2D eigenvalue weighted by atomic mass is 32.1. The summed E-state index contributed by atoms with van der Waals surface area (Å²) >= 11 is 1.24. The first-order chi connectivity index (χ1) is 16.9. The number of carbonyl (C=O) groups excluding carboxylic acids is 1. The van der Waals surface area contributed by atoms with Gasteiger partial charge in [-0.3, -0.25) is 19.3 Å². The molecule has 1 aliphatic carbocycles. The zero-order chi connectivity index (χ0) is 24.7. The molecule has 184 valence electrons. The van der Waals surface area contributed by atoms with Crippen molar-refractivity contribution in [3.8, 4) is 16.3 Å². The highest BCUT2D eigenvalue weighted by molar-refractivity contribution is 7.14. The molecule has 35 heavy (non-hydrogen) atoms. The summed E-state index contributed by atoms with van der Waals surface area (Å²) in [4.78, 5) is 28.3. The maximum absolute atomic E-state index is 13.4. The molecule has 10 heteroatoms. The van der Waals surface area contributed by atoms with E-state index in [-0.39, 0.29) is 29.1 Å². The molecule has 0 saturated heterocycles. The molecule has 1 aromatic carbocycles. The number of rotatable bonds is 5. The van der Waals surface area contributed by atoms with Crippen LogP contribution in [0.2, 0.25) is 0 Å². The first-order valence-electron chi connectivity index (χ1n) is 12.0. The number of amides is 1. The summed E-state index contributed by atoms with van der Waals surface area (Å²) in [6, 6.07) is 6.14. The van der Waals surface area contributed by atoms with E-state index >= 15 is 0 Å². The van der Waals surface area contributed by atoms with Crippen molar-refractivity contribution in [2.45, 2.75) is 51.6 Å². The van der Waals surface area contributed by atoms with Crippen molar-refractivity contribution in [2.24, 2.45) is 5.92 Å². The van der Waals surface area contributed by atoms with Gasteiger partial charge in [0.15, 0.2) is 16.5 Å². The molecule has 0 radical (unpaired) electrons. The van der Waals surface area contributed by atoms with Crippen molar-refractivity contribution < 1.29 is 14.3 Å². The van der Waals surface area contributed by atoms with Gasteiger partial charge in [-0.15, -0.1) is 10.2 Å². The fourth-order valence-corrected chi connectivity index (χ4v) is 6.19. The van der Waals surface area contributed by atoms with Crippen LogP contribution in [0.4, 0.5) is 4.39 Å². The molecule has 8 nitrogen and oxygen atoms in total. The molecule has 3 aromatic rings. The second kappa shape index (κ2) is 9.41. The molecule has 3 heterocycles. The minimum absolute atomic E-state index is 0.0220. The van der Waals surface area contributed by atoms with E-state index in [0.717, 1.165) is 31.2 Å². The van der Waals surface area contributed by atoms with Crippen molar-refractivity contribution >= 4 is 17.2 Å². The fourth-order valence-electron chi connectivity index (χ4n) is 5.31. The van der Waals surface area contributed by atoms with E-state index in [2.05, 4.69) is 10.2 Å². The van der Waals surface area contributed by atoms with Gasteiger partial charge in [-0.25, -0.2) is 4.39 Å². The lowest BCUT2D eigenvalue weighted by atomic mass is 9.85. The van der Waals surface area contributed by atoms with E-state index in [1.807, 2.05) is 19.0 Å². The molecule has 1 saturated carbocycles. The third-order valence-electron chi connectivity index (χ3n) is 7.05.